The smallest absolute Gasteiger partial charge is 0.0586 e. The second-order valence-electron chi connectivity index (χ2n) is 5.52. The van der Waals surface area contributed by atoms with Crippen LogP contribution in [0, 0.1) is 0 Å². The zero-order chi connectivity index (χ0) is 15.2. The van der Waals surface area contributed by atoms with Crippen molar-refractivity contribution in [2.24, 2.45) is 11.6 Å². The summed E-state index contributed by atoms with van der Waals surface area (Å²) in [6.45, 7) is 4.98. The molecule has 0 bridgehead atoms. The largest absolute Gasteiger partial charge is 0.397 e. The Balaban J connectivity index is 2.05. The highest BCUT2D eigenvalue weighted by atomic mass is 15.4. The third kappa shape index (κ3) is 4.36. The van der Waals surface area contributed by atoms with E-state index >= 15 is 0 Å². The van der Waals surface area contributed by atoms with Crippen LogP contribution in [0.15, 0.2) is 60.8 Å². The van der Waals surface area contributed by atoms with Gasteiger partial charge in [0.1, 0.15) is 0 Å². The molecule has 0 aromatic heterocycles. The first kappa shape index (κ1) is 15.1. The lowest BCUT2D eigenvalue weighted by Gasteiger charge is -2.15. The second-order valence-corrected chi connectivity index (χ2v) is 5.52. The Hall–Kier alpha value is -2.26. The molecule has 0 fully saturated rings. The summed E-state index contributed by atoms with van der Waals surface area (Å²) in [4.78, 5) is 0. The van der Waals surface area contributed by atoms with Crippen molar-refractivity contribution in [3.63, 3.8) is 0 Å². The summed E-state index contributed by atoms with van der Waals surface area (Å²) in [5.74, 6) is 6.52. The summed E-state index contributed by atoms with van der Waals surface area (Å²) in [5, 5.41) is 1.61. The van der Waals surface area contributed by atoms with E-state index < -0.39 is 0 Å². The maximum absolute atomic E-state index is 6.12. The predicted molar refractivity (Wildman–Crippen MR) is 88.9 cm³/mol. The van der Waals surface area contributed by atoms with Crippen LogP contribution in [-0.2, 0) is 6.54 Å². The monoisotopic (exact) mass is 281 g/mol. The first-order chi connectivity index (χ1) is 10.1. The number of rotatable bonds is 5. The molecule has 0 heterocycles. The maximum atomic E-state index is 6.12. The molecule has 21 heavy (non-hydrogen) atoms. The Morgan fingerprint density at radius 2 is 1.67 bits per heavy atom. The van der Waals surface area contributed by atoms with Crippen LogP contribution in [0.25, 0.3) is 5.70 Å². The minimum absolute atomic E-state index is 0.522. The van der Waals surface area contributed by atoms with Crippen molar-refractivity contribution in [3.05, 3.63) is 77.5 Å². The van der Waals surface area contributed by atoms with Gasteiger partial charge in [-0.25, -0.2) is 5.84 Å². The highest BCUT2D eigenvalue weighted by molar-refractivity contribution is 5.62. The SMILES string of the molecule is CC(C)c1ccc(/C(N)=C/N(N)Cc2ccccc2)cc1. The van der Waals surface area contributed by atoms with E-state index in [4.69, 9.17) is 11.6 Å². The molecule has 0 unspecified atom stereocenters. The van der Waals surface area contributed by atoms with E-state index in [0.717, 1.165) is 11.1 Å². The summed E-state index contributed by atoms with van der Waals surface area (Å²) < 4.78 is 0. The van der Waals surface area contributed by atoms with Crippen LogP contribution in [0.4, 0.5) is 0 Å². The van der Waals surface area contributed by atoms with Crippen molar-refractivity contribution in [1.82, 2.24) is 5.01 Å². The molecule has 2 aromatic rings. The van der Waals surface area contributed by atoms with Crippen LogP contribution in [0.3, 0.4) is 0 Å². The van der Waals surface area contributed by atoms with E-state index in [1.807, 2.05) is 42.5 Å². The topological polar surface area (TPSA) is 55.3 Å². The Morgan fingerprint density at radius 1 is 1.05 bits per heavy atom. The van der Waals surface area contributed by atoms with Gasteiger partial charge in [-0.1, -0.05) is 68.4 Å². The first-order valence-electron chi connectivity index (χ1n) is 7.19. The van der Waals surface area contributed by atoms with Gasteiger partial charge >= 0.3 is 0 Å². The zero-order valence-corrected chi connectivity index (χ0v) is 12.7. The van der Waals surface area contributed by atoms with Gasteiger partial charge in [0.25, 0.3) is 0 Å². The maximum Gasteiger partial charge on any atom is 0.0586 e. The van der Waals surface area contributed by atoms with Gasteiger partial charge < -0.3 is 10.7 Å². The molecule has 0 aliphatic carbocycles. The Labute approximate surface area is 126 Å². The van der Waals surface area contributed by atoms with E-state index in [9.17, 15) is 0 Å². The molecule has 3 nitrogen and oxygen atoms in total. The molecule has 0 spiro atoms. The van der Waals surface area contributed by atoms with Crippen LogP contribution in [0.1, 0.15) is 36.5 Å². The van der Waals surface area contributed by atoms with E-state index in [1.165, 1.54) is 5.56 Å². The normalized spacial score (nSPS) is 11.7. The van der Waals surface area contributed by atoms with Crippen LogP contribution >= 0.6 is 0 Å². The van der Waals surface area contributed by atoms with Crippen molar-refractivity contribution >= 4 is 5.70 Å². The molecule has 0 aliphatic rings. The lowest BCUT2D eigenvalue weighted by Crippen LogP contribution is -2.25. The Kier molecular flexibility index (Phi) is 5.01. The van der Waals surface area contributed by atoms with E-state index in [-0.39, 0.29) is 0 Å². The molecular weight excluding hydrogens is 258 g/mol. The van der Waals surface area contributed by atoms with E-state index in [1.54, 1.807) is 11.2 Å². The molecule has 4 N–H and O–H groups in total. The number of nitrogens with zero attached hydrogens (tertiary/aromatic N) is 1. The summed E-state index contributed by atoms with van der Waals surface area (Å²) in [5.41, 5.74) is 10.2. The third-order valence-corrected chi connectivity index (χ3v) is 3.42. The Bertz CT molecular complexity index is 586. The third-order valence-electron chi connectivity index (χ3n) is 3.42. The molecule has 3 heteroatoms. The van der Waals surface area contributed by atoms with Gasteiger partial charge in [-0.2, -0.15) is 0 Å². The molecule has 0 atom stereocenters. The quantitative estimate of drug-likeness (QED) is 0.652. The van der Waals surface area contributed by atoms with Gasteiger partial charge in [-0.3, -0.25) is 0 Å². The summed E-state index contributed by atoms with van der Waals surface area (Å²) in [7, 11) is 0. The highest BCUT2D eigenvalue weighted by Gasteiger charge is 2.02. The molecule has 0 saturated heterocycles. The first-order valence-corrected chi connectivity index (χ1v) is 7.19. The molecule has 0 saturated carbocycles. The zero-order valence-electron chi connectivity index (χ0n) is 12.7. The molecule has 2 aromatic carbocycles. The molecule has 2 rings (SSSR count). The van der Waals surface area contributed by atoms with Crippen LogP contribution in [-0.4, -0.2) is 5.01 Å². The molecular formula is C18H23N3. The summed E-state index contributed by atoms with van der Waals surface area (Å²) >= 11 is 0. The van der Waals surface area contributed by atoms with Crippen molar-refractivity contribution in [2.45, 2.75) is 26.3 Å². The van der Waals surface area contributed by atoms with E-state index in [2.05, 4.69) is 26.0 Å². The van der Waals surface area contributed by atoms with Gasteiger partial charge in [0, 0.05) is 6.20 Å². The van der Waals surface area contributed by atoms with Crippen LogP contribution in [0.2, 0.25) is 0 Å². The van der Waals surface area contributed by atoms with Crippen molar-refractivity contribution in [1.29, 1.82) is 0 Å². The van der Waals surface area contributed by atoms with Gasteiger partial charge in [0.05, 0.1) is 12.2 Å². The lowest BCUT2D eigenvalue weighted by molar-refractivity contribution is 0.388. The van der Waals surface area contributed by atoms with Gasteiger partial charge in [0.15, 0.2) is 0 Å². The lowest BCUT2D eigenvalue weighted by atomic mass is 10.0. The van der Waals surface area contributed by atoms with Gasteiger partial charge in [-0.15, -0.1) is 0 Å². The van der Waals surface area contributed by atoms with Crippen molar-refractivity contribution < 1.29 is 0 Å². The minimum atomic E-state index is 0.522. The fraction of sp³-hybridized carbons (Fsp3) is 0.222. The minimum Gasteiger partial charge on any atom is -0.397 e. The summed E-state index contributed by atoms with van der Waals surface area (Å²) in [6.07, 6.45) is 1.78. The molecule has 110 valence electrons. The standard InChI is InChI=1S/C18H23N3/c1-14(2)16-8-10-17(11-9-16)18(19)13-21(20)12-15-6-4-3-5-7-15/h3-11,13-14H,12,19-20H2,1-2H3/b18-13-. The fourth-order valence-electron chi connectivity index (χ4n) is 2.15. The molecule has 0 amide bonds. The van der Waals surface area contributed by atoms with Gasteiger partial charge in [0.2, 0.25) is 0 Å². The van der Waals surface area contributed by atoms with Gasteiger partial charge in [-0.05, 0) is 22.6 Å². The van der Waals surface area contributed by atoms with Crippen LogP contribution < -0.4 is 11.6 Å². The van der Waals surface area contributed by atoms with Crippen molar-refractivity contribution in [3.8, 4) is 0 Å². The number of hydrogen-bond donors (Lipinski definition) is 2. The molecule has 0 radical (unpaired) electrons. The summed E-state index contributed by atoms with van der Waals surface area (Å²) in [6, 6.07) is 18.4. The highest BCUT2D eigenvalue weighted by Crippen LogP contribution is 2.17. The van der Waals surface area contributed by atoms with Crippen LogP contribution in [0.5, 0.6) is 0 Å². The predicted octanol–water partition coefficient (Wildman–Crippen LogP) is 3.44. The molecule has 0 aliphatic heterocycles. The Morgan fingerprint density at radius 3 is 2.24 bits per heavy atom. The van der Waals surface area contributed by atoms with E-state index in [0.29, 0.717) is 18.2 Å². The number of benzene rings is 2. The number of hydrogen-bond acceptors (Lipinski definition) is 3. The number of hydrazine groups is 1. The second kappa shape index (κ2) is 6.95. The average molecular weight is 281 g/mol. The van der Waals surface area contributed by atoms with Crippen molar-refractivity contribution in [2.75, 3.05) is 0 Å². The average Bonchev–Trinajstić information content (AvgIpc) is 2.48. The fourth-order valence-corrected chi connectivity index (χ4v) is 2.15. The number of nitrogens with two attached hydrogens (primary N) is 2.